The maximum absolute atomic E-state index is 6.73. The fraction of sp³-hybridized carbons (Fsp3) is 0.385. The van der Waals surface area contributed by atoms with E-state index >= 15 is 0 Å². The summed E-state index contributed by atoms with van der Waals surface area (Å²) >= 11 is 0. The second-order valence-electron chi connectivity index (χ2n) is 9.38. The lowest BCUT2D eigenvalue weighted by molar-refractivity contribution is -0.00244. The first-order valence-corrected chi connectivity index (χ1v) is 10.3. The minimum Gasteiger partial charge on any atom is -0.485 e. The van der Waals surface area contributed by atoms with Crippen molar-refractivity contribution in [1.82, 2.24) is 0 Å². The molecule has 4 atom stereocenters. The second-order valence-corrected chi connectivity index (χ2v) is 9.38. The van der Waals surface area contributed by atoms with Gasteiger partial charge in [0.25, 0.3) is 0 Å². The van der Waals surface area contributed by atoms with Crippen LogP contribution in [0, 0.1) is 17.3 Å². The molecule has 5 rings (SSSR count). The normalized spacial score (nSPS) is 28.9. The highest BCUT2D eigenvalue weighted by molar-refractivity contribution is 5.88. The summed E-state index contributed by atoms with van der Waals surface area (Å²) in [5, 5.41) is 2.70. The lowest BCUT2D eigenvalue weighted by atomic mass is 9.57. The standard InChI is InChI=1S/C26H28O/c1-17-15-26(2,3)16-21-23(17)25(19-10-5-4-6-11-19)27-22-14-13-18-9-7-8-12-20(18)24(21)22/h4-14,17,21,23,25H,15-16H2,1-3H3. The molecule has 1 fully saturated rings. The predicted molar refractivity (Wildman–Crippen MR) is 112 cm³/mol. The molecule has 1 aliphatic carbocycles. The third-order valence-corrected chi connectivity index (χ3v) is 6.80. The third-order valence-electron chi connectivity index (χ3n) is 6.80. The molecule has 27 heavy (non-hydrogen) atoms. The van der Waals surface area contributed by atoms with Crippen LogP contribution in [0.5, 0.6) is 5.75 Å². The molecule has 1 heteroatoms. The van der Waals surface area contributed by atoms with E-state index in [-0.39, 0.29) is 6.10 Å². The molecule has 4 unspecified atom stereocenters. The Balaban J connectivity index is 1.73. The van der Waals surface area contributed by atoms with Crippen LogP contribution in [0.4, 0.5) is 0 Å². The van der Waals surface area contributed by atoms with Crippen molar-refractivity contribution in [3.8, 4) is 5.75 Å². The molecule has 1 saturated carbocycles. The lowest BCUT2D eigenvalue weighted by Crippen LogP contribution is -2.41. The molecular weight excluding hydrogens is 328 g/mol. The van der Waals surface area contributed by atoms with Crippen LogP contribution >= 0.6 is 0 Å². The fourth-order valence-electron chi connectivity index (χ4n) is 5.93. The molecule has 0 N–H and O–H groups in total. The van der Waals surface area contributed by atoms with Crippen LogP contribution in [-0.4, -0.2) is 0 Å². The average molecular weight is 357 g/mol. The lowest BCUT2D eigenvalue weighted by Gasteiger charge is -2.51. The molecule has 0 amide bonds. The van der Waals surface area contributed by atoms with Gasteiger partial charge >= 0.3 is 0 Å². The van der Waals surface area contributed by atoms with E-state index in [1.807, 2.05) is 0 Å². The zero-order valence-electron chi connectivity index (χ0n) is 16.5. The Labute approximate surface area is 162 Å². The topological polar surface area (TPSA) is 9.23 Å². The van der Waals surface area contributed by atoms with Gasteiger partial charge < -0.3 is 4.74 Å². The molecule has 0 spiro atoms. The highest BCUT2D eigenvalue weighted by Crippen LogP contribution is 2.59. The van der Waals surface area contributed by atoms with Crippen molar-refractivity contribution in [3.63, 3.8) is 0 Å². The summed E-state index contributed by atoms with van der Waals surface area (Å²) in [6.45, 7) is 7.32. The Kier molecular flexibility index (Phi) is 3.82. The fourth-order valence-corrected chi connectivity index (χ4v) is 5.93. The van der Waals surface area contributed by atoms with Gasteiger partial charge in [-0.15, -0.1) is 0 Å². The van der Waals surface area contributed by atoms with Crippen LogP contribution in [0.3, 0.4) is 0 Å². The highest BCUT2D eigenvalue weighted by atomic mass is 16.5. The second kappa shape index (κ2) is 6.12. The number of ether oxygens (including phenoxy) is 1. The van der Waals surface area contributed by atoms with Gasteiger partial charge in [-0.25, -0.2) is 0 Å². The number of fused-ring (bicyclic) bond motifs is 5. The van der Waals surface area contributed by atoms with Crippen LogP contribution < -0.4 is 4.74 Å². The monoisotopic (exact) mass is 356 g/mol. The van der Waals surface area contributed by atoms with Gasteiger partial charge in [0.05, 0.1) is 0 Å². The van der Waals surface area contributed by atoms with Crippen molar-refractivity contribution in [2.24, 2.45) is 17.3 Å². The summed E-state index contributed by atoms with van der Waals surface area (Å²) in [6, 6.07) is 24.1. The molecular formula is C26H28O. The molecule has 3 aromatic carbocycles. The molecule has 0 bridgehead atoms. The van der Waals surface area contributed by atoms with Gasteiger partial charge in [-0.05, 0) is 52.5 Å². The minimum absolute atomic E-state index is 0.149. The maximum atomic E-state index is 6.73. The van der Waals surface area contributed by atoms with Gasteiger partial charge in [-0.1, -0.05) is 81.4 Å². The zero-order chi connectivity index (χ0) is 18.6. The summed E-state index contributed by atoms with van der Waals surface area (Å²) in [7, 11) is 0. The Bertz CT molecular complexity index is 972. The molecule has 138 valence electrons. The van der Waals surface area contributed by atoms with Crippen LogP contribution in [-0.2, 0) is 0 Å². The summed E-state index contributed by atoms with van der Waals surface area (Å²) in [6.07, 6.45) is 2.65. The number of rotatable bonds is 1. The molecule has 0 aromatic heterocycles. The van der Waals surface area contributed by atoms with Crippen molar-refractivity contribution in [1.29, 1.82) is 0 Å². The van der Waals surface area contributed by atoms with E-state index in [0.29, 0.717) is 23.2 Å². The maximum Gasteiger partial charge on any atom is 0.127 e. The van der Waals surface area contributed by atoms with E-state index < -0.39 is 0 Å². The van der Waals surface area contributed by atoms with E-state index in [1.54, 1.807) is 0 Å². The summed E-state index contributed by atoms with van der Waals surface area (Å²) < 4.78 is 6.73. The molecule has 0 radical (unpaired) electrons. The van der Waals surface area contributed by atoms with E-state index in [0.717, 1.165) is 5.75 Å². The van der Waals surface area contributed by atoms with Crippen LogP contribution in [0.15, 0.2) is 66.7 Å². The Morgan fingerprint density at radius 3 is 2.41 bits per heavy atom. The first kappa shape index (κ1) is 16.9. The van der Waals surface area contributed by atoms with E-state index in [1.165, 1.54) is 34.7 Å². The average Bonchev–Trinajstić information content (AvgIpc) is 2.66. The van der Waals surface area contributed by atoms with Gasteiger partial charge in [0.2, 0.25) is 0 Å². The minimum atomic E-state index is 0.149. The Hall–Kier alpha value is -2.28. The smallest absolute Gasteiger partial charge is 0.127 e. The first-order valence-electron chi connectivity index (χ1n) is 10.3. The Morgan fingerprint density at radius 2 is 1.59 bits per heavy atom. The molecule has 3 aromatic rings. The van der Waals surface area contributed by atoms with Crippen LogP contribution in [0.1, 0.15) is 56.8 Å². The van der Waals surface area contributed by atoms with E-state index in [9.17, 15) is 0 Å². The summed E-state index contributed by atoms with van der Waals surface area (Å²) in [4.78, 5) is 0. The highest BCUT2D eigenvalue weighted by Gasteiger charge is 2.48. The number of hydrogen-bond acceptors (Lipinski definition) is 1. The van der Waals surface area contributed by atoms with Gasteiger partial charge in [0, 0.05) is 11.5 Å². The van der Waals surface area contributed by atoms with Crippen molar-refractivity contribution >= 4 is 10.8 Å². The third kappa shape index (κ3) is 2.76. The van der Waals surface area contributed by atoms with Crippen molar-refractivity contribution in [2.75, 3.05) is 0 Å². The Morgan fingerprint density at radius 1 is 0.852 bits per heavy atom. The van der Waals surface area contributed by atoms with Gasteiger partial charge in [0.1, 0.15) is 11.9 Å². The molecule has 0 saturated heterocycles. The van der Waals surface area contributed by atoms with Gasteiger partial charge in [-0.2, -0.15) is 0 Å². The summed E-state index contributed by atoms with van der Waals surface area (Å²) in [5.41, 5.74) is 3.13. The molecule has 1 nitrogen and oxygen atoms in total. The van der Waals surface area contributed by atoms with E-state index in [2.05, 4.69) is 87.5 Å². The van der Waals surface area contributed by atoms with Crippen molar-refractivity contribution in [3.05, 3.63) is 77.9 Å². The van der Waals surface area contributed by atoms with Crippen molar-refractivity contribution < 1.29 is 4.74 Å². The zero-order valence-corrected chi connectivity index (χ0v) is 16.5. The van der Waals surface area contributed by atoms with Gasteiger partial charge in [-0.3, -0.25) is 0 Å². The van der Waals surface area contributed by atoms with Crippen molar-refractivity contribution in [2.45, 2.75) is 45.6 Å². The summed E-state index contributed by atoms with van der Waals surface area (Å²) in [5.74, 6) is 2.80. The first-order chi connectivity index (χ1) is 13.0. The van der Waals surface area contributed by atoms with Crippen LogP contribution in [0.25, 0.3) is 10.8 Å². The predicted octanol–water partition coefficient (Wildman–Crippen LogP) is 7.13. The van der Waals surface area contributed by atoms with E-state index in [4.69, 9.17) is 4.74 Å². The number of benzene rings is 3. The number of hydrogen-bond donors (Lipinski definition) is 0. The quantitative estimate of drug-likeness (QED) is 0.450. The van der Waals surface area contributed by atoms with Crippen LogP contribution in [0.2, 0.25) is 0 Å². The largest absolute Gasteiger partial charge is 0.485 e. The SMILES string of the molecule is CC1CC(C)(C)CC2c3c(ccc4ccccc34)OC(c3ccccc3)C12. The molecule has 1 heterocycles. The molecule has 2 aliphatic rings. The van der Waals surface area contributed by atoms with Gasteiger partial charge in [0.15, 0.2) is 0 Å². The molecule has 1 aliphatic heterocycles.